The highest BCUT2D eigenvalue weighted by Gasteiger charge is 2.20. The molecule has 94 valence electrons. The fraction of sp³-hybridized carbons (Fsp3) is 0. The van der Waals surface area contributed by atoms with E-state index in [2.05, 4.69) is 4.98 Å². The number of nitrogens with zero attached hydrogens (tertiary/aromatic N) is 3. The van der Waals surface area contributed by atoms with Gasteiger partial charge >= 0.3 is 5.69 Å². The van der Waals surface area contributed by atoms with Crippen LogP contribution in [-0.4, -0.2) is 9.91 Å². The summed E-state index contributed by atoms with van der Waals surface area (Å²) in [6, 6.07) is 7.81. The molecule has 2 aromatic rings. The Balaban J connectivity index is 2.43. The maximum Gasteiger partial charge on any atom is 0.314 e. The van der Waals surface area contributed by atoms with Crippen molar-refractivity contribution in [1.29, 1.82) is 5.26 Å². The van der Waals surface area contributed by atoms with Gasteiger partial charge in [0.15, 0.2) is 5.82 Å². The first-order valence-corrected chi connectivity index (χ1v) is 5.08. The molecule has 6 nitrogen and oxygen atoms in total. The van der Waals surface area contributed by atoms with Crippen molar-refractivity contribution < 1.29 is 14.1 Å². The van der Waals surface area contributed by atoms with Gasteiger partial charge in [0.05, 0.1) is 4.92 Å². The van der Waals surface area contributed by atoms with Crippen LogP contribution in [0.2, 0.25) is 0 Å². The molecule has 0 aliphatic carbocycles. The number of para-hydroxylation sites is 1. The summed E-state index contributed by atoms with van der Waals surface area (Å²) in [6.07, 6.45) is 1.29. The zero-order chi connectivity index (χ0) is 13.8. The molecule has 0 radical (unpaired) electrons. The first-order valence-electron chi connectivity index (χ1n) is 5.08. The van der Waals surface area contributed by atoms with Crippen molar-refractivity contribution >= 4 is 5.69 Å². The number of nitro groups is 1. The quantitative estimate of drug-likeness (QED) is 0.624. The van der Waals surface area contributed by atoms with Crippen LogP contribution in [-0.2, 0) is 0 Å². The predicted molar refractivity (Wildman–Crippen MR) is 62.1 cm³/mol. The Labute approximate surface area is 106 Å². The Morgan fingerprint density at radius 3 is 2.89 bits per heavy atom. The molecule has 0 spiro atoms. The van der Waals surface area contributed by atoms with Crippen LogP contribution in [0.5, 0.6) is 11.5 Å². The summed E-state index contributed by atoms with van der Waals surface area (Å²) in [4.78, 5) is 13.7. The molecule has 2 rings (SSSR count). The van der Waals surface area contributed by atoms with E-state index >= 15 is 0 Å². The third-order valence-corrected chi connectivity index (χ3v) is 2.21. The summed E-state index contributed by atoms with van der Waals surface area (Å²) in [5, 5.41) is 19.5. The third kappa shape index (κ3) is 2.63. The molecule has 0 fully saturated rings. The number of hydrogen-bond acceptors (Lipinski definition) is 5. The average Bonchev–Trinajstić information content (AvgIpc) is 2.41. The lowest BCUT2D eigenvalue weighted by atomic mass is 10.3. The van der Waals surface area contributed by atoms with Gasteiger partial charge in [-0.2, -0.15) is 5.26 Å². The minimum Gasteiger partial charge on any atom is -0.447 e. The van der Waals surface area contributed by atoms with Crippen LogP contribution in [0.15, 0.2) is 36.5 Å². The fourth-order valence-corrected chi connectivity index (χ4v) is 1.40. The SMILES string of the molecule is N#Cc1cc(Oc2c(F)cccc2[N+](=O)[O-])ccn1. The smallest absolute Gasteiger partial charge is 0.314 e. The Morgan fingerprint density at radius 2 is 2.21 bits per heavy atom. The summed E-state index contributed by atoms with van der Waals surface area (Å²) >= 11 is 0. The molecule has 0 N–H and O–H groups in total. The lowest BCUT2D eigenvalue weighted by molar-refractivity contribution is -0.385. The Bertz CT molecular complexity index is 682. The maximum atomic E-state index is 13.6. The van der Waals surface area contributed by atoms with Crippen molar-refractivity contribution in [2.75, 3.05) is 0 Å². The number of ether oxygens (including phenoxy) is 1. The molecule has 7 heteroatoms. The first kappa shape index (κ1) is 12.4. The molecule has 0 amide bonds. The lowest BCUT2D eigenvalue weighted by Gasteiger charge is -2.06. The average molecular weight is 259 g/mol. The Morgan fingerprint density at radius 1 is 1.42 bits per heavy atom. The second kappa shape index (κ2) is 5.10. The van der Waals surface area contributed by atoms with Crippen LogP contribution in [0.3, 0.4) is 0 Å². The molecule has 1 heterocycles. The molecule has 0 aliphatic rings. The molecule has 0 saturated heterocycles. The number of aromatic nitrogens is 1. The molecule has 0 aliphatic heterocycles. The van der Waals surface area contributed by atoms with Gasteiger partial charge in [-0.25, -0.2) is 9.37 Å². The lowest BCUT2D eigenvalue weighted by Crippen LogP contribution is -1.96. The molecule has 1 aromatic heterocycles. The maximum absolute atomic E-state index is 13.6. The first-order chi connectivity index (χ1) is 9.11. The highest BCUT2D eigenvalue weighted by molar-refractivity contribution is 5.49. The largest absolute Gasteiger partial charge is 0.447 e. The molecular formula is C12H6FN3O3. The van der Waals surface area contributed by atoms with Gasteiger partial charge < -0.3 is 4.74 Å². The van der Waals surface area contributed by atoms with Crippen LogP contribution < -0.4 is 4.74 Å². The van der Waals surface area contributed by atoms with Gasteiger partial charge in [-0.1, -0.05) is 6.07 Å². The molecule has 0 atom stereocenters. The monoisotopic (exact) mass is 259 g/mol. The standard InChI is InChI=1S/C12H6FN3O3/c13-10-2-1-3-11(16(17)18)12(10)19-9-4-5-15-8(6-9)7-14/h1-6H. The minimum atomic E-state index is -0.857. The van der Waals surface area contributed by atoms with Crippen molar-refractivity contribution in [1.82, 2.24) is 4.98 Å². The van der Waals surface area contributed by atoms with E-state index in [4.69, 9.17) is 10.00 Å². The van der Waals surface area contributed by atoms with Crippen molar-refractivity contribution in [3.63, 3.8) is 0 Å². The van der Waals surface area contributed by atoms with E-state index in [1.165, 1.54) is 24.4 Å². The summed E-state index contributed by atoms with van der Waals surface area (Å²) in [5.74, 6) is -1.26. The van der Waals surface area contributed by atoms with E-state index < -0.39 is 22.2 Å². The van der Waals surface area contributed by atoms with Gasteiger partial charge in [0, 0.05) is 18.3 Å². The number of halogens is 1. The van der Waals surface area contributed by atoms with Crippen molar-refractivity contribution in [2.45, 2.75) is 0 Å². The second-order valence-corrected chi connectivity index (χ2v) is 3.44. The van der Waals surface area contributed by atoms with E-state index in [0.717, 1.165) is 12.1 Å². The Kier molecular flexibility index (Phi) is 3.34. The zero-order valence-electron chi connectivity index (χ0n) is 9.41. The van der Waals surface area contributed by atoms with Crippen molar-refractivity contribution in [3.8, 4) is 17.6 Å². The summed E-state index contributed by atoms with van der Waals surface area (Å²) < 4.78 is 18.7. The zero-order valence-corrected chi connectivity index (χ0v) is 9.41. The van der Waals surface area contributed by atoms with Gasteiger partial charge in [0.25, 0.3) is 0 Å². The van der Waals surface area contributed by atoms with Gasteiger partial charge in [0.1, 0.15) is 17.5 Å². The summed E-state index contributed by atoms with van der Waals surface area (Å²) in [6.45, 7) is 0. The second-order valence-electron chi connectivity index (χ2n) is 3.44. The van der Waals surface area contributed by atoms with Gasteiger partial charge in [0.2, 0.25) is 5.75 Å². The van der Waals surface area contributed by atoms with Gasteiger partial charge in [-0.05, 0) is 12.1 Å². The number of rotatable bonds is 3. The number of nitro benzene ring substituents is 1. The van der Waals surface area contributed by atoms with Crippen LogP contribution in [0.1, 0.15) is 5.69 Å². The predicted octanol–water partition coefficient (Wildman–Crippen LogP) is 2.79. The summed E-state index contributed by atoms with van der Waals surface area (Å²) in [7, 11) is 0. The fourth-order valence-electron chi connectivity index (χ4n) is 1.40. The highest BCUT2D eigenvalue weighted by atomic mass is 19.1. The number of benzene rings is 1. The molecular weight excluding hydrogens is 253 g/mol. The van der Waals surface area contributed by atoms with Crippen molar-refractivity contribution in [2.24, 2.45) is 0 Å². The van der Waals surface area contributed by atoms with E-state index in [1.807, 2.05) is 0 Å². The van der Waals surface area contributed by atoms with E-state index in [0.29, 0.717) is 0 Å². The molecule has 0 saturated carbocycles. The molecule has 0 unspecified atom stereocenters. The van der Waals surface area contributed by atoms with Crippen LogP contribution >= 0.6 is 0 Å². The van der Waals surface area contributed by atoms with Crippen LogP contribution in [0, 0.1) is 27.3 Å². The number of nitriles is 1. The van der Waals surface area contributed by atoms with Crippen molar-refractivity contribution in [3.05, 3.63) is 58.2 Å². The van der Waals surface area contributed by atoms with Crippen LogP contribution in [0.25, 0.3) is 0 Å². The Hall–Kier alpha value is -3.01. The normalized spacial score (nSPS) is 9.68. The molecule has 1 aromatic carbocycles. The van der Waals surface area contributed by atoms with E-state index in [9.17, 15) is 14.5 Å². The highest BCUT2D eigenvalue weighted by Crippen LogP contribution is 2.33. The van der Waals surface area contributed by atoms with Gasteiger partial charge in [-0.3, -0.25) is 10.1 Å². The summed E-state index contributed by atoms with van der Waals surface area (Å²) in [5.41, 5.74) is -0.424. The van der Waals surface area contributed by atoms with Crippen LogP contribution in [0.4, 0.5) is 10.1 Å². The number of hydrogen-bond donors (Lipinski definition) is 0. The molecule has 19 heavy (non-hydrogen) atoms. The number of pyridine rings is 1. The van der Waals surface area contributed by atoms with E-state index in [-0.39, 0.29) is 11.4 Å². The minimum absolute atomic E-state index is 0.0662. The molecule has 0 bridgehead atoms. The van der Waals surface area contributed by atoms with Gasteiger partial charge in [-0.15, -0.1) is 0 Å². The van der Waals surface area contributed by atoms with E-state index in [1.54, 1.807) is 6.07 Å². The third-order valence-electron chi connectivity index (χ3n) is 2.21. The topological polar surface area (TPSA) is 89.0 Å².